The standard InChI is InChI=1S/C30H44N4O3/c1-3-5-6-9-19(8-4-2)16-25(29(36)37)34-30(31)33-15-13-23-26(35)18-24-22-11-7-10-20(22)17-21-12-14-32-28(23)27(21)24/h4,7-8,11,13-14,16,20-22,24-28,35H,3,5-6,9-10,12,15,17-18H2,1-2H3,(H,36,37)(H3,31,33,34). The minimum atomic E-state index is -0.998. The van der Waals surface area contributed by atoms with Crippen LogP contribution in [0.5, 0.6) is 0 Å². The quantitative estimate of drug-likeness (QED) is 0.115. The number of guanidine groups is 1. The highest BCUT2D eigenvalue weighted by molar-refractivity contribution is 5.86. The van der Waals surface area contributed by atoms with Crippen LogP contribution in [0.3, 0.4) is 0 Å². The molecule has 7 heteroatoms. The van der Waals surface area contributed by atoms with Gasteiger partial charge in [0.15, 0.2) is 5.96 Å². The maximum atomic E-state index is 11.9. The van der Waals surface area contributed by atoms with Crippen LogP contribution in [0.1, 0.15) is 65.2 Å². The van der Waals surface area contributed by atoms with Gasteiger partial charge in [-0.15, -0.1) is 0 Å². The summed E-state index contributed by atoms with van der Waals surface area (Å²) in [6.07, 6.45) is 22.1. The number of aliphatic hydroxyl groups is 1. The number of hydrogen-bond donors (Lipinski definition) is 4. The van der Waals surface area contributed by atoms with Crippen LogP contribution in [-0.4, -0.2) is 53.1 Å². The van der Waals surface area contributed by atoms with Crippen molar-refractivity contribution in [1.29, 1.82) is 0 Å². The number of carbonyl (C=O) groups is 1. The Bertz CT molecular complexity index is 995. The topological polar surface area (TPSA) is 120 Å². The fourth-order valence-corrected chi connectivity index (χ4v) is 7.11. The summed E-state index contributed by atoms with van der Waals surface area (Å²) in [6.45, 7) is 4.35. The largest absolute Gasteiger partial charge is 0.479 e. The zero-order valence-electron chi connectivity index (χ0n) is 22.3. The third-order valence-corrected chi connectivity index (χ3v) is 8.73. The van der Waals surface area contributed by atoms with Crippen LogP contribution in [0, 0.1) is 29.6 Å². The van der Waals surface area contributed by atoms with Gasteiger partial charge in [-0.1, -0.05) is 50.1 Å². The molecular formula is C30H44N4O3. The molecule has 4 aliphatic rings. The van der Waals surface area contributed by atoms with Crippen molar-refractivity contribution in [2.24, 2.45) is 45.3 Å². The second kappa shape index (κ2) is 12.7. The molecule has 2 fully saturated rings. The molecule has 0 spiro atoms. The molecule has 4 rings (SSSR count). The molecule has 8 unspecified atom stereocenters. The normalized spacial score (nSPS) is 35.0. The lowest BCUT2D eigenvalue weighted by molar-refractivity contribution is -0.137. The average molecular weight is 509 g/mol. The molecule has 0 aromatic heterocycles. The molecular weight excluding hydrogens is 464 g/mol. The van der Waals surface area contributed by atoms with E-state index in [9.17, 15) is 15.0 Å². The van der Waals surface area contributed by atoms with Gasteiger partial charge in [0.2, 0.25) is 0 Å². The van der Waals surface area contributed by atoms with Crippen LogP contribution in [0.25, 0.3) is 0 Å². The van der Waals surface area contributed by atoms with Crippen molar-refractivity contribution in [2.75, 3.05) is 6.54 Å². The number of hydrogen-bond acceptors (Lipinski definition) is 4. The molecule has 0 aromatic rings. The smallest absolute Gasteiger partial charge is 0.330 e. The van der Waals surface area contributed by atoms with Gasteiger partial charge in [-0.05, 0) is 98.5 Å². The fraction of sp³-hybridized carbons (Fsp3) is 0.633. The minimum Gasteiger partial charge on any atom is -0.479 e. The number of carboxylic acids is 1. The Balaban J connectivity index is 1.43. The van der Waals surface area contributed by atoms with E-state index in [1.807, 2.05) is 25.2 Å². The molecule has 1 heterocycles. The Hall–Kier alpha value is -2.67. The number of aliphatic imine (C=N–C) groups is 2. The van der Waals surface area contributed by atoms with Crippen LogP contribution in [0.2, 0.25) is 0 Å². The highest BCUT2D eigenvalue weighted by Gasteiger charge is 2.52. The fourth-order valence-electron chi connectivity index (χ4n) is 7.11. The Labute approximate surface area is 221 Å². The number of carboxylic acid groups (broad SMARTS) is 1. The number of allylic oxidation sites excluding steroid dienone is 5. The zero-order valence-corrected chi connectivity index (χ0v) is 22.3. The van der Waals surface area contributed by atoms with E-state index in [0.717, 1.165) is 55.6 Å². The molecule has 202 valence electrons. The Morgan fingerprint density at radius 1 is 1.30 bits per heavy atom. The third kappa shape index (κ3) is 6.43. The molecule has 8 atom stereocenters. The second-order valence-corrected chi connectivity index (χ2v) is 11.1. The van der Waals surface area contributed by atoms with Gasteiger partial charge in [0.05, 0.1) is 18.7 Å². The van der Waals surface area contributed by atoms with E-state index in [0.29, 0.717) is 23.7 Å². The first-order valence-electron chi connectivity index (χ1n) is 14.1. The molecule has 7 nitrogen and oxygen atoms in total. The van der Waals surface area contributed by atoms with E-state index in [1.54, 1.807) is 6.08 Å². The summed E-state index contributed by atoms with van der Waals surface area (Å²) in [5, 5.41) is 23.7. The Kier molecular flexibility index (Phi) is 9.41. The van der Waals surface area contributed by atoms with E-state index in [1.165, 1.54) is 12.8 Å². The van der Waals surface area contributed by atoms with Crippen LogP contribution in [0.15, 0.2) is 57.6 Å². The summed E-state index contributed by atoms with van der Waals surface area (Å²) < 4.78 is 0. The van der Waals surface area contributed by atoms with E-state index in [4.69, 9.17) is 10.7 Å². The van der Waals surface area contributed by atoms with Crippen molar-refractivity contribution in [3.05, 3.63) is 47.6 Å². The average Bonchev–Trinajstić information content (AvgIpc) is 3.34. The van der Waals surface area contributed by atoms with E-state index >= 15 is 0 Å². The molecule has 3 aliphatic carbocycles. The highest BCUT2D eigenvalue weighted by atomic mass is 16.4. The van der Waals surface area contributed by atoms with Gasteiger partial charge in [-0.2, -0.15) is 0 Å². The number of fused-ring (bicyclic) bond motifs is 2. The van der Waals surface area contributed by atoms with Gasteiger partial charge in [0, 0.05) is 0 Å². The van der Waals surface area contributed by atoms with Crippen molar-refractivity contribution in [3.8, 4) is 0 Å². The summed E-state index contributed by atoms with van der Waals surface area (Å²) in [5.41, 5.74) is 8.02. The predicted octanol–water partition coefficient (Wildman–Crippen LogP) is 4.41. The first-order valence-corrected chi connectivity index (χ1v) is 14.1. The van der Waals surface area contributed by atoms with Crippen LogP contribution in [0.4, 0.5) is 0 Å². The third-order valence-electron chi connectivity index (χ3n) is 8.73. The molecule has 0 bridgehead atoms. The monoisotopic (exact) mass is 508 g/mol. The molecule has 0 radical (unpaired) electrons. The predicted molar refractivity (Wildman–Crippen MR) is 150 cm³/mol. The molecule has 0 aromatic carbocycles. The lowest BCUT2D eigenvalue weighted by Crippen LogP contribution is -2.52. The van der Waals surface area contributed by atoms with Crippen LogP contribution < -0.4 is 11.1 Å². The van der Waals surface area contributed by atoms with Gasteiger partial charge in [0.25, 0.3) is 0 Å². The zero-order chi connectivity index (χ0) is 26.4. The summed E-state index contributed by atoms with van der Waals surface area (Å²) in [4.78, 5) is 21.1. The van der Waals surface area contributed by atoms with Gasteiger partial charge in [-0.25, -0.2) is 9.79 Å². The number of aliphatic carboxylic acids is 1. The van der Waals surface area contributed by atoms with Gasteiger partial charge in [0.1, 0.15) is 6.04 Å². The molecule has 2 saturated carbocycles. The van der Waals surface area contributed by atoms with Crippen LogP contribution in [-0.2, 0) is 4.79 Å². The summed E-state index contributed by atoms with van der Waals surface area (Å²) in [6, 6.07) is -0.948. The first kappa shape index (κ1) is 27.4. The number of nitrogens with one attached hydrogen (secondary N) is 1. The minimum absolute atomic E-state index is 0.00745. The molecule has 1 aliphatic heterocycles. The van der Waals surface area contributed by atoms with Crippen LogP contribution >= 0.6 is 0 Å². The van der Waals surface area contributed by atoms with E-state index in [2.05, 4.69) is 35.6 Å². The second-order valence-electron chi connectivity index (χ2n) is 11.1. The van der Waals surface area contributed by atoms with E-state index < -0.39 is 18.1 Å². The summed E-state index contributed by atoms with van der Waals surface area (Å²) in [7, 11) is 0. The molecule has 0 amide bonds. The van der Waals surface area contributed by atoms with Gasteiger partial charge >= 0.3 is 5.97 Å². The van der Waals surface area contributed by atoms with Crippen molar-refractivity contribution >= 4 is 18.1 Å². The number of nitrogens with two attached hydrogens (primary N) is 1. The SMILES string of the molecule is CC=CC(=CC(NC(N)=NCC=C1C(O)CC2C3C=CCC3CC3CC=NC1C32)C(=O)O)CCCCC. The Morgan fingerprint density at radius 2 is 2.14 bits per heavy atom. The van der Waals surface area contributed by atoms with E-state index in [-0.39, 0.29) is 18.5 Å². The number of unbranched alkanes of at least 4 members (excludes halogenated alkanes) is 2. The molecule has 0 saturated heterocycles. The number of rotatable bonds is 10. The molecule has 5 N–H and O–H groups in total. The Morgan fingerprint density at radius 3 is 2.89 bits per heavy atom. The summed E-state index contributed by atoms with van der Waals surface area (Å²) in [5.74, 6) is 1.97. The highest BCUT2D eigenvalue weighted by Crippen LogP contribution is 2.56. The summed E-state index contributed by atoms with van der Waals surface area (Å²) >= 11 is 0. The van der Waals surface area contributed by atoms with Crippen molar-refractivity contribution in [2.45, 2.75) is 83.4 Å². The van der Waals surface area contributed by atoms with Gasteiger partial charge < -0.3 is 21.3 Å². The lowest BCUT2D eigenvalue weighted by atomic mass is 9.54. The first-order chi connectivity index (χ1) is 17.9. The lowest BCUT2D eigenvalue weighted by Gasteiger charge is -2.53. The van der Waals surface area contributed by atoms with Crippen molar-refractivity contribution in [3.63, 3.8) is 0 Å². The number of aliphatic hydroxyl groups excluding tert-OH is 1. The van der Waals surface area contributed by atoms with Crippen molar-refractivity contribution in [1.82, 2.24) is 5.32 Å². The maximum Gasteiger partial charge on any atom is 0.330 e. The van der Waals surface area contributed by atoms with Crippen molar-refractivity contribution < 1.29 is 15.0 Å². The molecule has 37 heavy (non-hydrogen) atoms. The number of nitrogens with zero attached hydrogens (tertiary/aromatic N) is 2. The maximum absolute atomic E-state index is 11.9. The van der Waals surface area contributed by atoms with Gasteiger partial charge in [-0.3, -0.25) is 4.99 Å².